The lowest BCUT2D eigenvalue weighted by Gasteiger charge is -2.12. The Labute approximate surface area is 109 Å². The molecule has 0 amide bonds. The summed E-state index contributed by atoms with van der Waals surface area (Å²) >= 11 is 0. The fourth-order valence-corrected chi connectivity index (χ4v) is 2.30. The minimum Gasteiger partial charge on any atom is -0.460 e. The lowest BCUT2D eigenvalue weighted by atomic mass is 10.3. The molecule has 0 atom stereocenters. The van der Waals surface area contributed by atoms with Gasteiger partial charge in [-0.15, -0.1) is 0 Å². The van der Waals surface area contributed by atoms with Crippen LogP contribution in [0.3, 0.4) is 0 Å². The van der Waals surface area contributed by atoms with Crippen LogP contribution >= 0.6 is 0 Å². The van der Waals surface area contributed by atoms with E-state index in [0.717, 1.165) is 43.7 Å². The zero-order chi connectivity index (χ0) is 12.8. The van der Waals surface area contributed by atoms with Crippen LogP contribution in [0.5, 0.6) is 6.01 Å². The van der Waals surface area contributed by atoms with Gasteiger partial charge in [-0.1, -0.05) is 6.92 Å². The summed E-state index contributed by atoms with van der Waals surface area (Å²) in [6.45, 7) is 5.96. The van der Waals surface area contributed by atoms with Crippen molar-refractivity contribution in [2.24, 2.45) is 0 Å². The Morgan fingerprint density at radius 2 is 2.11 bits per heavy atom. The molecule has 0 unspecified atom stereocenters. The largest absolute Gasteiger partial charge is 0.460 e. The summed E-state index contributed by atoms with van der Waals surface area (Å²) in [6, 6.07) is 2.57. The van der Waals surface area contributed by atoms with E-state index in [2.05, 4.69) is 22.2 Å². The Hall–Kier alpha value is -1.16. The van der Waals surface area contributed by atoms with Gasteiger partial charge in [0.05, 0.1) is 5.69 Å². The van der Waals surface area contributed by atoms with Crippen molar-refractivity contribution in [1.29, 1.82) is 0 Å². The molecule has 18 heavy (non-hydrogen) atoms. The molecule has 0 saturated heterocycles. The van der Waals surface area contributed by atoms with E-state index in [-0.39, 0.29) is 0 Å². The van der Waals surface area contributed by atoms with Crippen LogP contribution in [0.1, 0.15) is 50.4 Å². The molecule has 1 saturated carbocycles. The highest BCUT2D eigenvalue weighted by molar-refractivity contribution is 5.12. The molecule has 1 aromatic rings. The first kappa shape index (κ1) is 13.3. The maximum atomic E-state index is 5.85. The first-order valence-electron chi connectivity index (χ1n) is 7.00. The van der Waals surface area contributed by atoms with E-state index in [9.17, 15) is 0 Å². The number of hydrogen-bond donors (Lipinski definition) is 1. The van der Waals surface area contributed by atoms with Crippen LogP contribution in [0, 0.1) is 6.92 Å². The fourth-order valence-electron chi connectivity index (χ4n) is 2.30. The number of nitrogens with one attached hydrogen (secondary N) is 1. The van der Waals surface area contributed by atoms with Gasteiger partial charge in [0, 0.05) is 12.2 Å². The average Bonchev–Trinajstić information content (AvgIpc) is 2.81. The van der Waals surface area contributed by atoms with Crippen LogP contribution in [0.15, 0.2) is 6.07 Å². The molecule has 1 fully saturated rings. The number of rotatable bonds is 6. The predicted octanol–water partition coefficient (Wildman–Crippen LogP) is 2.61. The lowest BCUT2D eigenvalue weighted by Crippen LogP contribution is -2.17. The topological polar surface area (TPSA) is 47.0 Å². The quantitative estimate of drug-likeness (QED) is 0.787. The van der Waals surface area contributed by atoms with Crippen molar-refractivity contribution in [1.82, 2.24) is 15.3 Å². The van der Waals surface area contributed by atoms with Gasteiger partial charge >= 0.3 is 6.01 Å². The molecule has 4 heteroatoms. The molecule has 1 N–H and O–H groups in total. The smallest absolute Gasteiger partial charge is 0.317 e. The third-order valence-corrected chi connectivity index (χ3v) is 3.19. The summed E-state index contributed by atoms with van der Waals surface area (Å²) < 4.78 is 5.85. The van der Waals surface area contributed by atoms with Gasteiger partial charge in [-0.3, -0.25) is 0 Å². The molecule has 1 heterocycles. The lowest BCUT2D eigenvalue weighted by molar-refractivity contribution is 0.191. The summed E-state index contributed by atoms with van der Waals surface area (Å²) in [4.78, 5) is 8.84. The first-order valence-corrected chi connectivity index (χ1v) is 7.00. The molecule has 4 nitrogen and oxygen atoms in total. The predicted molar refractivity (Wildman–Crippen MR) is 71.7 cm³/mol. The summed E-state index contributed by atoms with van der Waals surface area (Å²) in [5.41, 5.74) is 2.00. The minimum atomic E-state index is 0.322. The van der Waals surface area contributed by atoms with Gasteiger partial charge < -0.3 is 10.1 Å². The van der Waals surface area contributed by atoms with Gasteiger partial charge in [0.1, 0.15) is 6.10 Å². The summed E-state index contributed by atoms with van der Waals surface area (Å²) in [6.07, 6.45) is 6.27. The third-order valence-electron chi connectivity index (χ3n) is 3.19. The summed E-state index contributed by atoms with van der Waals surface area (Å²) in [7, 11) is 0. The van der Waals surface area contributed by atoms with Crippen molar-refractivity contribution in [2.75, 3.05) is 6.54 Å². The van der Waals surface area contributed by atoms with Gasteiger partial charge in [-0.2, -0.15) is 4.98 Å². The van der Waals surface area contributed by atoms with Crippen molar-refractivity contribution in [3.05, 3.63) is 17.5 Å². The minimum absolute atomic E-state index is 0.322. The van der Waals surface area contributed by atoms with Crippen LogP contribution in [0.4, 0.5) is 0 Å². The van der Waals surface area contributed by atoms with Crippen molar-refractivity contribution in [2.45, 2.75) is 58.6 Å². The monoisotopic (exact) mass is 249 g/mol. The fraction of sp³-hybridized carbons (Fsp3) is 0.714. The molecule has 1 aliphatic carbocycles. The molecule has 0 radical (unpaired) electrons. The number of aryl methyl sites for hydroxylation is 1. The molecule has 0 spiro atoms. The summed E-state index contributed by atoms with van der Waals surface area (Å²) in [5, 5.41) is 3.35. The highest BCUT2D eigenvalue weighted by Crippen LogP contribution is 2.22. The Balaban J connectivity index is 1.96. The molecule has 0 aliphatic heterocycles. The van der Waals surface area contributed by atoms with E-state index < -0.39 is 0 Å². The number of hydrogen-bond acceptors (Lipinski definition) is 4. The second kappa shape index (κ2) is 6.69. The molecule has 0 bridgehead atoms. The van der Waals surface area contributed by atoms with E-state index >= 15 is 0 Å². The first-order chi connectivity index (χ1) is 8.78. The van der Waals surface area contributed by atoms with Crippen LogP contribution in [-0.2, 0) is 6.54 Å². The molecule has 0 aromatic carbocycles. The zero-order valence-corrected chi connectivity index (χ0v) is 11.4. The van der Waals surface area contributed by atoms with Crippen molar-refractivity contribution in [3.8, 4) is 6.01 Å². The van der Waals surface area contributed by atoms with Gasteiger partial charge in [0.2, 0.25) is 0 Å². The van der Waals surface area contributed by atoms with Crippen molar-refractivity contribution >= 4 is 0 Å². The van der Waals surface area contributed by atoms with Crippen LogP contribution in [0.2, 0.25) is 0 Å². The standard InChI is InChI=1S/C14H23N3O/c1-3-8-15-10-12-9-11(2)16-14(17-12)18-13-6-4-5-7-13/h9,13,15H,3-8,10H2,1-2H3. The highest BCUT2D eigenvalue weighted by atomic mass is 16.5. The van der Waals surface area contributed by atoms with Gasteiger partial charge in [-0.25, -0.2) is 4.98 Å². The summed E-state index contributed by atoms with van der Waals surface area (Å²) in [5.74, 6) is 0. The molecular weight excluding hydrogens is 226 g/mol. The Morgan fingerprint density at radius 1 is 1.33 bits per heavy atom. The van der Waals surface area contributed by atoms with E-state index in [0.29, 0.717) is 12.1 Å². The number of aromatic nitrogens is 2. The van der Waals surface area contributed by atoms with Crippen LogP contribution in [0.25, 0.3) is 0 Å². The van der Waals surface area contributed by atoms with Gasteiger partial charge in [-0.05, 0) is 51.6 Å². The number of nitrogens with zero attached hydrogens (tertiary/aromatic N) is 2. The van der Waals surface area contributed by atoms with Gasteiger partial charge in [0.25, 0.3) is 0 Å². The van der Waals surface area contributed by atoms with E-state index in [1.165, 1.54) is 12.8 Å². The Kier molecular flexibility index (Phi) is 4.93. The average molecular weight is 249 g/mol. The van der Waals surface area contributed by atoms with Crippen LogP contribution < -0.4 is 10.1 Å². The van der Waals surface area contributed by atoms with E-state index in [1.807, 2.05) is 13.0 Å². The van der Waals surface area contributed by atoms with Crippen molar-refractivity contribution < 1.29 is 4.74 Å². The zero-order valence-electron chi connectivity index (χ0n) is 11.4. The maximum absolute atomic E-state index is 5.85. The molecule has 2 rings (SSSR count). The Morgan fingerprint density at radius 3 is 2.83 bits per heavy atom. The van der Waals surface area contributed by atoms with Gasteiger partial charge in [0.15, 0.2) is 0 Å². The number of ether oxygens (including phenoxy) is 1. The van der Waals surface area contributed by atoms with E-state index in [4.69, 9.17) is 4.74 Å². The highest BCUT2D eigenvalue weighted by Gasteiger charge is 2.18. The maximum Gasteiger partial charge on any atom is 0.317 e. The second-order valence-corrected chi connectivity index (χ2v) is 4.98. The SMILES string of the molecule is CCCNCc1cc(C)nc(OC2CCCC2)n1. The van der Waals surface area contributed by atoms with Crippen molar-refractivity contribution in [3.63, 3.8) is 0 Å². The Bertz CT molecular complexity index is 375. The second-order valence-electron chi connectivity index (χ2n) is 4.98. The molecule has 1 aliphatic rings. The molecule has 100 valence electrons. The third kappa shape index (κ3) is 3.95. The molecular formula is C14H23N3O. The molecule has 1 aromatic heterocycles. The van der Waals surface area contributed by atoms with Crippen LogP contribution in [-0.4, -0.2) is 22.6 Å². The van der Waals surface area contributed by atoms with E-state index in [1.54, 1.807) is 0 Å². The normalized spacial score (nSPS) is 16.1.